The van der Waals surface area contributed by atoms with Crippen molar-refractivity contribution in [2.45, 2.75) is 38.6 Å². The maximum Gasteiger partial charge on any atom is 0.233 e. The predicted octanol–water partition coefficient (Wildman–Crippen LogP) is 5.17. The number of hydrogen-bond acceptors (Lipinski definition) is 6. The predicted molar refractivity (Wildman–Crippen MR) is 141 cm³/mol. The summed E-state index contributed by atoms with van der Waals surface area (Å²) in [6, 6.07) is 17.7. The number of para-hydroxylation sites is 2. The van der Waals surface area contributed by atoms with Crippen LogP contribution in [0.5, 0.6) is 5.75 Å². The second kappa shape index (κ2) is 11.8. The molecule has 1 amide bonds. The van der Waals surface area contributed by atoms with Crippen molar-refractivity contribution in [2.75, 3.05) is 36.8 Å². The molecule has 7 nitrogen and oxygen atoms in total. The molecule has 1 fully saturated rings. The van der Waals surface area contributed by atoms with Crippen molar-refractivity contribution in [2.24, 2.45) is 5.92 Å². The van der Waals surface area contributed by atoms with Gasteiger partial charge in [0.1, 0.15) is 5.75 Å². The summed E-state index contributed by atoms with van der Waals surface area (Å²) in [5, 5.41) is 10.1. The Balaban J connectivity index is 1.37. The number of piperazine rings is 1. The van der Waals surface area contributed by atoms with Gasteiger partial charge in [0.25, 0.3) is 0 Å². The molecule has 1 aromatic heterocycles. The average molecular weight is 514 g/mol. The summed E-state index contributed by atoms with van der Waals surface area (Å²) in [7, 11) is 0. The monoisotopic (exact) mass is 513 g/mol. The molecule has 4 rings (SSSR count). The van der Waals surface area contributed by atoms with Gasteiger partial charge in [-0.05, 0) is 37.1 Å². The zero-order chi connectivity index (χ0) is 24.8. The van der Waals surface area contributed by atoms with Gasteiger partial charge in [0, 0.05) is 38.4 Å². The highest BCUT2D eigenvalue weighted by Crippen LogP contribution is 2.30. The summed E-state index contributed by atoms with van der Waals surface area (Å²) in [5.41, 5.74) is 1.21. The van der Waals surface area contributed by atoms with Gasteiger partial charge < -0.3 is 19.1 Å². The van der Waals surface area contributed by atoms with Crippen molar-refractivity contribution in [1.29, 1.82) is 0 Å². The Morgan fingerprint density at radius 1 is 1.00 bits per heavy atom. The van der Waals surface area contributed by atoms with E-state index < -0.39 is 0 Å². The van der Waals surface area contributed by atoms with Gasteiger partial charge in [0.2, 0.25) is 5.91 Å². The van der Waals surface area contributed by atoms with E-state index in [1.54, 1.807) is 6.07 Å². The Kier molecular flexibility index (Phi) is 8.57. The van der Waals surface area contributed by atoms with E-state index in [1.165, 1.54) is 17.4 Å². The lowest BCUT2D eigenvalue weighted by molar-refractivity contribution is -0.128. The molecule has 0 N–H and O–H groups in total. The zero-order valence-electron chi connectivity index (χ0n) is 20.4. The Hall–Kier alpha value is -2.71. The third kappa shape index (κ3) is 6.49. The lowest BCUT2D eigenvalue weighted by atomic mass is 10.2. The third-order valence-electron chi connectivity index (χ3n) is 5.88. The summed E-state index contributed by atoms with van der Waals surface area (Å²) in [4.78, 5) is 17.2. The second-order valence-electron chi connectivity index (χ2n) is 9.03. The maximum absolute atomic E-state index is 13.0. The van der Waals surface area contributed by atoms with Crippen LogP contribution in [0.25, 0.3) is 0 Å². The lowest BCUT2D eigenvalue weighted by Gasteiger charge is -2.36. The number of aromatic nitrogens is 3. The number of thioether (sulfide) groups is 1. The first-order valence-electron chi connectivity index (χ1n) is 12.0. The molecule has 0 radical (unpaired) electrons. The third-order valence-corrected chi connectivity index (χ3v) is 7.14. The first-order chi connectivity index (χ1) is 16.9. The van der Waals surface area contributed by atoms with Gasteiger partial charge in [-0.1, -0.05) is 67.5 Å². The number of ether oxygens (including phenoxy) is 1. The summed E-state index contributed by atoms with van der Waals surface area (Å²) >= 11 is 7.71. The van der Waals surface area contributed by atoms with Crippen LogP contribution in [0, 0.1) is 5.92 Å². The van der Waals surface area contributed by atoms with E-state index >= 15 is 0 Å². The fourth-order valence-corrected chi connectivity index (χ4v) is 5.14. The van der Waals surface area contributed by atoms with Gasteiger partial charge in [0.05, 0.1) is 10.8 Å². The van der Waals surface area contributed by atoms with E-state index in [4.69, 9.17) is 16.3 Å². The number of rotatable bonds is 9. The molecular formula is C26H32ClN5O2S. The van der Waals surface area contributed by atoms with Crippen LogP contribution in [0.1, 0.15) is 32.7 Å². The molecular weight excluding hydrogens is 482 g/mol. The Morgan fingerprint density at radius 3 is 2.37 bits per heavy atom. The van der Waals surface area contributed by atoms with Crippen molar-refractivity contribution in [3.8, 4) is 5.75 Å². The van der Waals surface area contributed by atoms with Crippen LogP contribution in [0.4, 0.5) is 5.69 Å². The van der Waals surface area contributed by atoms with Gasteiger partial charge in [-0.25, -0.2) is 0 Å². The van der Waals surface area contributed by atoms with Crippen molar-refractivity contribution in [3.63, 3.8) is 0 Å². The summed E-state index contributed by atoms with van der Waals surface area (Å²) in [5.74, 6) is 2.19. The van der Waals surface area contributed by atoms with E-state index in [1.807, 2.05) is 48.2 Å². The number of amides is 1. The number of carbonyl (C=O) groups excluding carboxylic acids is 1. The largest absolute Gasteiger partial charge is 0.481 e. The lowest BCUT2D eigenvalue weighted by Crippen LogP contribution is -2.49. The van der Waals surface area contributed by atoms with Crippen LogP contribution in [0.2, 0.25) is 5.02 Å². The molecule has 0 spiro atoms. The number of anilines is 1. The Labute approximate surface area is 216 Å². The molecule has 2 heterocycles. The van der Waals surface area contributed by atoms with Crippen LogP contribution < -0.4 is 9.64 Å². The summed E-state index contributed by atoms with van der Waals surface area (Å²) in [6.45, 7) is 10.1. The minimum atomic E-state index is -0.336. The molecule has 35 heavy (non-hydrogen) atoms. The van der Waals surface area contributed by atoms with Gasteiger partial charge in [-0.3, -0.25) is 4.79 Å². The minimum absolute atomic E-state index is 0.128. The Bertz CT molecular complexity index is 1120. The maximum atomic E-state index is 13.0. The summed E-state index contributed by atoms with van der Waals surface area (Å²) < 4.78 is 8.16. The van der Waals surface area contributed by atoms with Crippen LogP contribution in [0.15, 0.2) is 59.8 Å². The van der Waals surface area contributed by atoms with E-state index in [0.29, 0.717) is 22.4 Å². The topological polar surface area (TPSA) is 63.5 Å². The molecule has 0 saturated carbocycles. The highest BCUT2D eigenvalue weighted by molar-refractivity contribution is 7.99. The highest BCUT2D eigenvalue weighted by atomic mass is 35.5. The average Bonchev–Trinajstić information content (AvgIpc) is 3.26. The molecule has 1 atom stereocenters. The van der Waals surface area contributed by atoms with Crippen LogP contribution in [-0.4, -0.2) is 57.5 Å². The molecule has 1 saturated heterocycles. The molecule has 1 unspecified atom stereocenters. The fraction of sp³-hybridized carbons (Fsp3) is 0.423. The smallest absolute Gasteiger partial charge is 0.233 e. The molecule has 0 bridgehead atoms. The normalized spacial score (nSPS) is 14.9. The number of halogens is 1. The number of hydrogen-bond donors (Lipinski definition) is 0. The van der Waals surface area contributed by atoms with Crippen molar-refractivity contribution >= 4 is 35.0 Å². The zero-order valence-corrected chi connectivity index (χ0v) is 22.0. The van der Waals surface area contributed by atoms with E-state index in [2.05, 4.69) is 45.6 Å². The minimum Gasteiger partial charge on any atom is -0.481 e. The Morgan fingerprint density at radius 2 is 1.69 bits per heavy atom. The molecule has 9 heteroatoms. The van der Waals surface area contributed by atoms with Crippen molar-refractivity contribution in [1.82, 2.24) is 19.7 Å². The number of carbonyl (C=O) groups is 1. The van der Waals surface area contributed by atoms with Gasteiger partial charge in [-0.15, -0.1) is 10.2 Å². The van der Waals surface area contributed by atoms with E-state index in [0.717, 1.165) is 43.7 Å². The molecule has 1 aliphatic rings. The number of nitrogens with zero attached hydrogens (tertiary/aromatic N) is 5. The van der Waals surface area contributed by atoms with Crippen molar-refractivity contribution in [3.05, 3.63) is 65.4 Å². The quantitative estimate of drug-likeness (QED) is 0.368. The molecule has 0 aliphatic carbocycles. The standard InChI is InChI=1S/C26H32ClN5O2S/c1-19(2)17-32-25(20(3)34-23-12-8-7-11-22(23)27)28-29-26(32)35-18-24(33)31-15-13-30(14-16-31)21-9-5-4-6-10-21/h4-12,19-20H,13-18H2,1-3H3. The van der Waals surface area contributed by atoms with Crippen molar-refractivity contribution < 1.29 is 9.53 Å². The highest BCUT2D eigenvalue weighted by Gasteiger charge is 2.24. The fourth-order valence-electron chi connectivity index (χ4n) is 4.10. The number of benzene rings is 2. The van der Waals surface area contributed by atoms with Gasteiger partial charge in [0.15, 0.2) is 17.1 Å². The first-order valence-corrected chi connectivity index (χ1v) is 13.3. The molecule has 186 valence electrons. The first kappa shape index (κ1) is 25.4. The van der Waals surface area contributed by atoms with Gasteiger partial charge >= 0.3 is 0 Å². The van der Waals surface area contributed by atoms with E-state index in [-0.39, 0.29) is 12.0 Å². The van der Waals surface area contributed by atoms with Gasteiger partial charge in [-0.2, -0.15) is 0 Å². The van der Waals surface area contributed by atoms with Crippen LogP contribution >= 0.6 is 23.4 Å². The summed E-state index contributed by atoms with van der Waals surface area (Å²) in [6.07, 6.45) is -0.336. The SMILES string of the molecule is CC(C)Cn1c(SCC(=O)N2CCN(c3ccccc3)CC2)nnc1C(C)Oc1ccccc1Cl. The van der Waals surface area contributed by atoms with Crippen LogP contribution in [-0.2, 0) is 11.3 Å². The van der Waals surface area contributed by atoms with E-state index in [9.17, 15) is 4.79 Å². The molecule has 2 aromatic carbocycles. The molecule has 1 aliphatic heterocycles. The molecule has 3 aromatic rings. The second-order valence-corrected chi connectivity index (χ2v) is 10.4. The van der Waals surface area contributed by atoms with Crippen LogP contribution in [0.3, 0.4) is 0 Å².